The molecule has 0 rings (SSSR count). The minimum absolute atomic E-state index is 0.307. The number of nitrogens with two attached hydrogens (primary N) is 1. The number of likely N-dealkylation sites (N-methyl/N-ethyl adjacent to an activating group) is 1. The average molecular weight is 230 g/mol. The van der Waals surface area contributed by atoms with Gasteiger partial charge in [0.15, 0.2) is 0 Å². The Hall–Kier alpha value is -0.610. The van der Waals surface area contributed by atoms with Gasteiger partial charge in [-0.15, -0.1) is 0 Å². The predicted octanol–water partition coefficient (Wildman–Crippen LogP) is 1.39. The molecule has 0 amide bonds. The third-order valence-corrected chi connectivity index (χ3v) is 3.41. The highest BCUT2D eigenvalue weighted by Gasteiger charge is 2.39. The summed E-state index contributed by atoms with van der Waals surface area (Å²) in [5.41, 5.74) is 5.70. The lowest BCUT2D eigenvalue weighted by molar-refractivity contribution is -0.148. The number of carbonyl (C=O) groups is 1. The first-order valence-corrected chi connectivity index (χ1v) is 6.15. The summed E-state index contributed by atoms with van der Waals surface area (Å²) in [5.74, 6) is -0.307. The molecule has 0 aromatic heterocycles. The van der Waals surface area contributed by atoms with E-state index in [1.54, 1.807) is 6.92 Å². The number of hydrogen-bond donors (Lipinski definition) is 1. The molecule has 2 atom stereocenters. The molecule has 0 unspecified atom stereocenters. The van der Waals surface area contributed by atoms with E-state index in [1.165, 1.54) is 0 Å². The van der Waals surface area contributed by atoms with Crippen molar-refractivity contribution >= 4 is 5.97 Å². The number of ether oxygens (including phenoxy) is 1. The molecule has 0 aromatic rings. The van der Waals surface area contributed by atoms with Gasteiger partial charge in [-0.1, -0.05) is 20.8 Å². The summed E-state index contributed by atoms with van der Waals surface area (Å²) >= 11 is 0. The van der Waals surface area contributed by atoms with Crippen LogP contribution in [0.15, 0.2) is 0 Å². The smallest absolute Gasteiger partial charge is 0.324 e. The summed E-state index contributed by atoms with van der Waals surface area (Å²) in [4.78, 5) is 13.9. The molecule has 0 heterocycles. The van der Waals surface area contributed by atoms with Gasteiger partial charge in [0.2, 0.25) is 0 Å². The highest BCUT2D eigenvalue weighted by Crippen LogP contribution is 2.23. The molecule has 0 fully saturated rings. The molecular weight excluding hydrogens is 204 g/mol. The molecule has 0 saturated heterocycles. The summed E-state index contributed by atoms with van der Waals surface area (Å²) in [6.07, 6.45) is 0.828. The van der Waals surface area contributed by atoms with Crippen molar-refractivity contribution in [1.29, 1.82) is 0 Å². The van der Waals surface area contributed by atoms with Crippen LogP contribution in [0.1, 0.15) is 41.0 Å². The maximum Gasteiger partial charge on any atom is 0.324 e. The Morgan fingerprint density at radius 2 is 1.81 bits per heavy atom. The van der Waals surface area contributed by atoms with E-state index in [1.807, 2.05) is 6.92 Å². The summed E-state index contributed by atoms with van der Waals surface area (Å²) in [5, 5.41) is 0. The Balaban J connectivity index is 4.85. The maximum atomic E-state index is 11.7. The number of rotatable bonds is 7. The van der Waals surface area contributed by atoms with Gasteiger partial charge < -0.3 is 10.5 Å². The molecule has 0 spiro atoms. The van der Waals surface area contributed by atoms with Crippen molar-refractivity contribution in [3.05, 3.63) is 0 Å². The predicted molar refractivity (Wildman–Crippen MR) is 66.2 cm³/mol. The minimum atomic E-state index is -0.586. The lowest BCUT2D eigenvalue weighted by atomic mass is 9.87. The topological polar surface area (TPSA) is 55.6 Å². The van der Waals surface area contributed by atoms with Gasteiger partial charge in [-0.25, -0.2) is 0 Å². The zero-order chi connectivity index (χ0) is 12.8. The quantitative estimate of drug-likeness (QED) is 0.671. The lowest BCUT2D eigenvalue weighted by Gasteiger charge is -2.42. The van der Waals surface area contributed by atoms with E-state index < -0.39 is 6.04 Å². The first-order valence-electron chi connectivity index (χ1n) is 6.15. The largest absolute Gasteiger partial charge is 0.465 e. The molecule has 4 heteroatoms. The first-order chi connectivity index (χ1) is 7.47. The molecule has 0 aromatic carbocycles. The zero-order valence-corrected chi connectivity index (χ0v) is 11.2. The van der Waals surface area contributed by atoms with Crippen LogP contribution in [0.3, 0.4) is 0 Å². The van der Waals surface area contributed by atoms with Gasteiger partial charge in [-0.2, -0.15) is 0 Å². The molecule has 96 valence electrons. The van der Waals surface area contributed by atoms with E-state index in [0.717, 1.165) is 19.5 Å². The monoisotopic (exact) mass is 230 g/mol. The van der Waals surface area contributed by atoms with Gasteiger partial charge in [0.05, 0.1) is 6.61 Å². The van der Waals surface area contributed by atoms with Gasteiger partial charge >= 0.3 is 5.97 Å². The summed E-state index contributed by atoms with van der Waals surface area (Å²) in [6.45, 7) is 12.2. The summed E-state index contributed by atoms with van der Waals surface area (Å²) in [6, 6.07) is -0.586. The van der Waals surface area contributed by atoms with E-state index >= 15 is 0 Å². The van der Waals surface area contributed by atoms with Gasteiger partial charge in [0.1, 0.15) is 6.04 Å². The normalized spacial score (nSPS) is 16.9. The third-order valence-electron chi connectivity index (χ3n) is 3.41. The van der Waals surface area contributed by atoms with Crippen molar-refractivity contribution in [3.8, 4) is 0 Å². The minimum Gasteiger partial charge on any atom is -0.465 e. The van der Waals surface area contributed by atoms with Crippen LogP contribution in [0.5, 0.6) is 0 Å². The van der Waals surface area contributed by atoms with Crippen LogP contribution in [-0.2, 0) is 9.53 Å². The van der Waals surface area contributed by atoms with Crippen molar-refractivity contribution in [3.63, 3.8) is 0 Å². The van der Waals surface area contributed by atoms with E-state index in [9.17, 15) is 4.79 Å². The standard InChI is InChI=1S/C12H26N2O2/c1-6-12(5,14(7-2)8-3)10(13)11(15)16-9-4/h10H,6-9,13H2,1-5H3/t10-,12-/m0/s1. The number of nitrogens with zero attached hydrogens (tertiary/aromatic N) is 1. The number of esters is 1. The zero-order valence-electron chi connectivity index (χ0n) is 11.2. The van der Waals surface area contributed by atoms with Crippen LogP contribution < -0.4 is 5.73 Å². The Kier molecular flexibility index (Phi) is 6.60. The highest BCUT2D eigenvalue weighted by molar-refractivity contribution is 5.77. The highest BCUT2D eigenvalue weighted by atomic mass is 16.5. The summed E-state index contributed by atoms with van der Waals surface area (Å²) < 4.78 is 5.00. The molecule has 0 aliphatic carbocycles. The Bertz CT molecular complexity index is 217. The van der Waals surface area contributed by atoms with Crippen molar-refractivity contribution in [2.24, 2.45) is 5.73 Å². The van der Waals surface area contributed by atoms with Crippen molar-refractivity contribution < 1.29 is 9.53 Å². The van der Waals surface area contributed by atoms with Crippen molar-refractivity contribution in [1.82, 2.24) is 4.90 Å². The van der Waals surface area contributed by atoms with Gasteiger partial charge in [0.25, 0.3) is 0 Å². The van der Waals surface area contributed by atoms with Crippen molar-refractivity contribution in [2.75, 3.05) is 19.7 Å². The van der Waals surface area contributed by atoms with Crippen LogP contribution in [0, 0.1) is 0 Å². The number of hydrogen-bond acceptors (Lipinski definition) is 4. The fourth-order valence-corrected chi connectivity index (χ4v) is 2.07. The Morgan fingerprint density at radius 3 is 2.12 bits per heavy atom. The van der Waals surface area contributed by atoms with Gasteiger partial charge in [-0.05, 0) is 33.4 Å². The summed E-state index contributed by atoms with van der Waals surface area (Å²) in [7, 11) is 0. The Morgan fingerprint density at radius 1 is 1.31 bits per heavy atom. The van der Waals surface area contributed by atoms with Crippen LogP contribution >= 0.6 is 0 Å². The molecule has 2 N–H and O–H groups in total. The SMILES string of the molecule is CCOC(=O)[C@H](N)[C@](C)(CC)N(CC)CC. The fraction of sp³-hybridized carbons (Fsp3) is 0.917. The van der Waals surface area contributed by atoms with Gasteiger partial charge in [0, 0.05) is 5.54 Å². The van der Waals surface area contributed by atoms with E-state index in [0.29, 0.717) is 6.61 Å². The molecule has 16 heavy (non-hydrogen) atoms. The van der Waals surface area contributed by atoms with Crippen LogP contribution in [0.2, 0.25) is 0 Å². The second kappa shape index (κ2) is 6.86. The molecule has 0 bridgehead atoms. The van der Waals surface area contributed by atoms with E-state index in [4.69, 9.17) is 10.5 Å². The second-order valence-electron chi connectivity index (χ2n) is 4.11. The van der Waals surface area contributed by atoms with Crippen LogP contribution in [0.4, 0.5) is 0 Å². The van der Waals surface area contributed by atoms with E-state index in [-0.39, 0.29) is 11.5 Å². The average Bonchev–Trinajstić information content (AvgIpc) is 2.29. The molecule has 0 aliphatic rings. The molecular formula is C12H26N2O2. The van der Waals surface area contributed by atoms with Gasteiger partial charge in [-0.3, -0.25) is 9.69 Å². The fourth-order valence-electron chi connectivity index (χ4n) is 2.07. The Labute approximate surface area is 99.1 Å². The number of carbonyl (C=O) groups excluding carboxylic acids is 1. The van der Waals surface area contributed by atoms with Crippen LogP contribution in [0.25, 0.3) is 0 Å². The maximum absolute atomic E-state index is 11.7. The molecule has 4 nitrogen and oxygen atoms in total. The second-order valence-corrected chi connectivity index (χ2v) is 4.11. The third kappa shape index (κ3) is 3.19. The van der Waals surface area contributed by atoms with E-state index in [2.05, 4.69) is 25.7 Å². The molecule has 0 radical (unpaired) electrons. The molecule has 0 saturated carbocycles. The van der Waals surface area contributed by atoms with Crippen LogP contribution in [-0.4, -0.2) is 42.1 Å². The molecule has 0 aliphatic heterocycles. The first kappa shape index (κ1) is 15.4. The lowest BCUT2D eigenvalue weighted by Crippen LogP contribution is -2.61. The van der Waals surface area contributed by atoms with Crippen molar-refractivity contribution in [2.45, 2.75) is 52.6 Å².